The molecule has 2 unspecified atom stereocenters. The summed E-state index contributed by atoms with van der Waals surface area (Å²) in [5.74, 6) is -0.316. The van der Waals surface area contributed by atoms with E-state index in [2.05, 4.69) is 21.4 Å². The van der Waals surface area contributed by atoms with Gasteiger partial charge in [0.05, 0.1) is 24.3 Å². The first-order valence-electron chi connectivity index (χ1n) is 10.1. The zero-order chi connectivity index (χ0) is 22.8. The summed E-state index contributed by atoms with van der Waals surface area (Å²) in [6.45, 7) is 2.50. The first-order chi connectivity index (χ1) is 15.4. The number of benzene rings is 2. The molecule has 4 rings (SSSR count). The van der Waals surface area contributed by atoms with Crippen molar-refractivity contribution in [3.05, 3.63) is 69.3 Å². The largest absolute Gasteiger partial charge is 0.479 e. The molecule has 1 aliphatic carbocycles. The molecule has 3 aromatic rings. The van der Waals surface area contributed by atoms with E-state index in [0.29, 0.717) is 27.9 Å². The van der Waals surface area contributed by atoms with Gasteiger partial charge < -0.3 is 20.5 Å². The number of nitrogens with one attached hydrogen (secondary N) is 1. The molecule has 0 aliphatic heterocycles. The number of rotatable bonds is 7. The number of carbonyl (C=O) groups excluding carboxylic acids is 1. The summed E-state index contributed by atoms with van der Waals surface area (Å²) in [7, 11) is 1.47. The maximum atomic E-state index is 12.3. The van der Waals surface area contributed by atoms with Gasteiger partial charge in [-0.15, -0.1) is 0 Å². The van der Waals surface area contributed by atoms with Gasteiger partial charge in [0.2, 0.25) is 5.88 Å². The van der Waals surface area contributed by atoms with Crippen LogP contribution in [0.15, 0.2) is 42.5 Å². The zero-order valence-corrected chi connectivity index (χ0v) is 19.1. The van der Waals surface area contributed by atoms with Crippen molar-refractivity contribution in [2.45, 2.75) is 25.5 Å². The number of primary amides is 1. The number of fused-ring (bicyclic) bond motifs is 1. The number of ether oxygens (including phenoxy) is 2. The Morgan fingerprint density at radius 2 is 2.00 bits per heavy atom. The van der Waals surface area contributed by atoms with E-state index >= 15 is 0 Å². The predicted octanol–water partition coefficient (Wildman–Crippen LogP) is 4.67. The van der Waals surface area contributed by atoms with E-state index in [9.17, 15) is 4.79 Å². The summed E-state index contributed by atoms with van der Waals surface area (Å²) in [5.41, 5.74) is 8.71. The highest BCUT2D eigenvalue weighted by Crippen LogP contribution is 2.39. The van der Waals surface area contributed by atoms with E-state index in [1.807, 2.05) is 25.1 Å². The maximum Gasteiger partial charge on any atom is 0.271 e. The Kier molecular flexibility index (Phi) is 6.50. The molecular weight excluding hydrogens is 451 g/mol. The fourth-order valence-electron chi connectivity index (χ4n) is 3.94. The van der Waals surface area contributed by atoms with Gasteiger partial charge in [-0.1, -0.05) is 47.5 Å². The molecule has 0 bridgehead atoms. The van der Waals surface area contributed by atoms with Crippen LogP contribution in [-0.2, 0) is 11.2 Å². The summed E-state index contributed by atoms with van der Waals surface area (Å²) in [6.07, 6.45) is 0.618. The van der Waals surface area contributed by atoms with Crippen LogP contribution < -0.4 is 15.8 Å². The summed E-state index contributed by atoms with van der Waals surface area (Å²) in [4.78, 5) is 21.3. The highest BCUT2D eigenvalue weighted by Gasteiger charge is 2.34. The molecule has 2 aromatic carbocycles. The molecule has 0 saturated carbocycles. The number of hydrogen-bond acceptors (Lipinski definition) is 6. The van der Waals surface area contributed by atoms with Gasteiger partial charge in [-0.3, -0.25) is 4.79 Å². The van der Waals surface area contributed by atoms with Crippen LogP contribution >= 0.6 is 23.2 Å². The number of methoxy groups -OCH3 is 1. The average molecular weight is 473 g/mol. The lowest BCUT2D eigenvalue weighted by Gasteiger charge is -2.23. The predicted molar refractivity (Wildman–Crippen MR) is 124 cm³/mol. The standard InChI is InChI=1S/C23H22Cl2N4O3/c1-3-32-17-10-12-6-4-5-7-14(12)18(17)28-22-20(21(26)30)27-19(23(29-22)31-2)15-9-8-13(24)11-16(15)25/h4-9,11,17-18H,3,10H2,1-2H3,(H2,26,30)(H,28,29). The minimum absolute atomic E-state index is 0.0218. The van der Waals surface area contributed by atoms with Crippen molar-refractivity contribution in [3.8, 4) is 17.1 Å². The van der Waals surface area contributed by atoms with Crippen molar-refractivity contribution in [2.75, 3.05) is 19.0 Å². The number of carbonyl (C=O) groups is 1. The Bertz CT molecular complexity index is 1170. The molecule has 0 spiro atoms. The summed E-state index contributed by atoms with van der Waals surface area (Å²) in [6, 6.07) is 12.8. The third-order valence-corrected chi connectivity index (χ3v) is 5.88. The van der Waals surface area contributed by atoms with Crippen LogP contribution in [-0.4, -0.2) is 35.7 Å². The van der Waals surface area contributed by atoms with Gasteiger partial charge in [0, 0.05) is 23.6 Å². The number of aromatic nitrogens is 2. The van der Waals surface area contributed by atoms with E-state index in [1.54, 1.807) is 18.2 Å². The smallest absolute Gasteiger partial charge is 0.271 e. The second-order valence-corrected chi connectivity index (χ2v) is 8.13. The lowest BCUT2D eigenvalue weighted by Crippen LogP contribution is -2.27. The monoisotopic (exact) mass is 472 g/mol. The first-order valence-corrected chi connectivity index (χ1v) is 10.9. The molecule has 1 heterocycles. The van der Waals surface area contributed by atoms with Gasteiger partial charge in [0.25, 0.3) is 5.91 Å². The van der Waals surface area contributed by atoms with Gasteiger partial charge in [0.15, 0.2) is 11.5 Å². The molecule has 0 fully saturated rings. The molecule has 0 saturated heterocycles. The van der Waals surface area contributed by atoms with Crippen molar-refractivity contribution in [2.24, 2.45) is 5.73 Å². The third kappa shape index (κ3) is 4.24. The van der Waals surface area contributed by atoms with Crippen molar-refractivity contribution in [1.82, 2.24) is 9.97 Å². The van der Waals surface area contributed by atoms with E-state index in [-0.39, 0.29) is 29.5 Å². The van der Waals surface area contributed by atoms with Crippen LogP contribution in [0, 0.1) is 0 Å². The fourth-order valence-corrected chi connectivity index (χ4v) is 4.44. The topological polar surface area (TPSA) is 99.4 Å². The number of anilines is 1. The SMILES string of the molecule is CCOC1Cc2ccccc2C1Nc1nc(OC)c(-c2ccc(Cl)cc2Cl)nc1C(N)=O. The number of nitrogens with zero attached hydrogens (tertiary/aromatic N) is 2. The minimum atomic E-state index is -0.728. The molecule has 1 aromatic heterocycles. The Morgan fingerprint density at radius 3 is 2.69 bits per heavy atom. The lowest BCUT2D eigenvalue weighted by atomic mass is 10.1. The average Bonchev–Trinajstić information content (AvgIpc) is 3.11. The van der Waals surface area contributed by atoms with E-state index in [4.69, 9.17) is 38.4 Å². The third-order valence-electron chi connectivity index (χ3n) is 5.33. The maximum absolute atomic E-state index is 12.3. The first kappa shape index (κ1) is 22.3. The normalized spacial score (nSPS) is 17.1. The Hall–Kier alpha value is -2.87. The summed E-state index contributed by atoms with van der Waals surface area (Å²) in [5, 5.41) is 4.15. The number of amides is 1. The molecule has 32 heavy (non-hydrogen) atoms. The summed E-state index contributed by atoms with van der Waals surface area (Å²) >= 11 is 12.4. The van der Waals surface area contributed by atoms with E-state index in [1.165, 1.54) is 12.7 Å². The Balaban J connectivity index is 1.80. The summed E-state index contributed by atoms with van der Waals surface area (Å²) < 4.78 is 11.4. The van der Waals surface area contributed by atoms with Crippen LogP contribution in [0.2, 0.25) is 10.0 Å². The van der Waals surface area contributed by atoms with Crippen molar-refractivity contribution >= 4 is 34.9 Å². The van der Waals surface area contributed by atoms with Gasteiger partial charge in [-0.25, -0.2) is 4.98 Å². The van der Waals surface area contributed by atoms with Crippen molar-refractivity contribution in [3.63, 3.8) is 0 Å². The van der Waals surface area contributed by atoms with Gasteiger partial charge in [-0.2, -0.15) is 4.98 Å². The highest BCUT2D eigenvalue weighted by molar-refractivity contribution is 6.36. The zero-order valence-electron chi connectivity index (χ0n) is 17.6. The molecule has 166 valence electrons. The lowest BCUT2D eigenvalue weighted by molar-refractivity contribution is 0.0573. The van der Waals surface area contributed by atoms with Gasteiger partial charge in [-0.05, 0) is 36.2 Å². The molecule has 1 amide bonds. The second-order valence-electron chi connectivity index (χ2n) is 7.29. The number of nitrogens with two attached hydrogens (primary N) is 1. The second kappa shape index (κ2) is 9.32. The molecule has 9 heteroatoms. The van der Waals surface area contributed by atoms with Crippen molar-refractivity contribution in [1.29, 1.82) is 0 Å². The Labute approximate surface area is 195 Å². The molecule has 7 nitrogen and oxygen atoms in total. The van der Waals surface area contributed by atoms with Crippen molar-refractivity contribution < 1.29 is 14.3 Å². The number of hydrogen-bond donors (Lipinski definition) is 2. The molecule has 2 atom stereocenters. The van der Waals surface area contributed by atoms with Crippen LogP contribution in [0.4, 0.5) is 5.82 Å². The highest BCUT2D eigenvalue weighted by atomic mass is 35.5. The van der Waals surface area contributed by atoms with E-state index in [0.717, 1.165) is 12.0 Å². The minimum Gasteiger partial charge on any atom is -0.479 e. The van der Waals surface area contributed by atoms with Crippen LogP contribution in [0.3, 0.4) is 0 Å². The van der Waals surface area contributed by atoms with Crippen LogP contribution in [0.1, 0.15) is 34.6 Å². The van der Waals surface area contributed by atoms with E-state index < -0.39 is 5.91 Å². The van der Waals surface area contributed by atoms with Gasteiger partial charge >= 0.3 is 0 Å². The molecular formula is C23H22Cl2N4O3. The fraction of sp³-hybridized carbons (Fsp3) is 0.261. The molecule has 0 radical (unpaired) electrons. The Morgan fingerprint density at radius 1 is 1.22 bits per heavy atom. The van der Waals surface area contributed by atoms with Gasteiger partial charge in [0.1, 0.15) is 5.69 Å². The van der Waals surface area contributed by atoms with Crippen LogP contribution in [0.25, 0.3) is 11.3 Å². The molecule has 1 aliphatic rings. The van der Waals surface area contributed by atoms with Crippen LogP contribution in [0.5, 0.6) is 5.88 Å². The quantitative estimate of drug-likeness (QED) is 0.518. The number of halogens is 2. The molecule has 3 N–H and O–H groups in total.